The summed E-state index contributed by atoms with van der Waals surface area (Å²) in [5.41, 5.74) is 6.64. The second kappa shape index (κ2) is 6.97. The van der Waals surface area contributed by atoms with E-state index in [1.165, 1.54) is 44.9 Å². The molecule has 122 valence electrons. The van der Waals surface area contributed by atoms with E-state index in [0.29, 0.717) is 6.04 Å². The normalized spacial score (nSPS) is 40.3. The summed E-state index contributed by atoms with van der Waals surface area (Å²) in [7, 11) is 0. The zero-order chi connectivity index (χ0) is 14.7. The van der Waals surface area contributed by atoms with Gasteiger partial charge in [-0.1, -0.05) is 19.8 Å². The summed E-state index contributed by atoms with van der Waals surface area (Å²) >= 11 is 0. The second-order valence-corrected chi connectivity index (χ2v) is 7.69. The van der Waals surface area contributed by atoms with Crippen LogP contribution in [0, 0.1) is 17.8 Å². The number of hydrogen-bond acceptors (Lipinski definition) is 3. The molecular formula is C18H33NO2. The van der Waals surface area contributed by atoms with Crippen molar-refractivity contribution in [3.8, 4) is 0 Å². The molecule has 1 spiro atoms. The summed E-state index contributed by atoms with van der Waals surface area (Å²) in [4.78, 5) is 0. The zero-order valence-corrected chi connectivity index (χ0v) is 13.7. The lowest BCUT2D eigenvalue weighted by Crippen LogP contribution is -2.49. The molecule has 0 radical (unpaired) electrons. The van der Waals surface area contributed by atoms with Crippen LogP contribution >= 0.6 is 0 Å². The fraction of sp³-hybridized carbons (Fsp3) is 1.00. The van der Waals surface area contributed by atoms with Crippen LogP contribution in [0.1, 0.15) is 64.7 Å². The Hall–Kier alpha value is -0.120. The Morgan fingerprint density at radius 2 is 1.90 bits per heavy atom. The molecule has 3 heteroatoms. The maximum Gasteiger partial charge on any atom is 0.0729 e. The van der Waals surface area contributed by atoms with Crippen molar-refractivity contribution in [1.82, 2.24) is 0 Å². The van der Waals surface area contributed by atoms with Crippen molar-refractivity contribution in [3.63, 3.8) is 0 Å². The number of rotatable bonds is 3. The Balaban J connectivity index is 1.63. The summed E-state index contributed by atoms with van der Waals surface area (Å²) in [6.07, 6.45) is 11.3. The topological polar surface area (TPSA) is 44.5 Å². The molecule has 2 aliphatic heterocycles. The average Bonchev–Trinajstić information content (AvgIpc) is 2.50. The quantitative estimate of drug-likeness (QED) is 0.866. The fourth-order valence-electron chi connectivity index (χ4n) is 5.06. The Morgan fingerprint density at radius 1 is 1.10 bits per heavy atom. The van der Waals surface area contributed by atoms with E-state index in [2.05, 4.69) is 6.92 Å². The summed E-state index contributed by atoms with van der Waals surface area (Å²) in [6, 6.07) is 0.429. The lowest BCUT2D eigenvalue weighted by Gasteiger charge is -2.48. The van der Waals surface area contributed by atoms with Crippen molar-refractivity contribution < 1.29 is 9.47 Å². The fourth-order valence-corrected chi connectivity index (χ4v) is 5.06. The molecule has 3 nitrogen and oxygen atoms in total. The molecular weight excluding hydrogens is 262 g/mol. The van der Waals surface area contributed by atoms with Gasteiger partial charge in [0.15, 0.2) is 0 Å². The lowest BCUT2D eigenvalue weighted by molar-refractivity contribution is -0.155. The molecule has 0 aromatic carbocycles. The summed E-state index contributed by atoms with van der Waals surface area (Å²) in [5, 5.41) is 0. The summed E-state index contributed by atoms with van der Waals surface area (Å²) in [5.74, 6) is 2.44. The Labute approximate surface area is 129 Å². The highest BCUT2D eigenvalue weighted by molar-refractivity contribution is 4.95. The van der Waals surface area contributed by atoms with E-state index >= 15 is 0 Å². The molecule has 4 unspecified atom stereocenters. The Morgan fingerprint density at radius 3 is 2.67 bits per heavy atom. The number of nitrogens with two attached hydrogens (primary N) is 1. The number of hydrogen-bond donors (Lipinski definition) is 1. The van der Waals surface area contributed by atoms with Gasteiger partial charge in [-0.2, -0.15) is 0 Å². The maximum atomic E-state index is 6.52. The van der Waals surface area contributed by atoms with Gasteiger partial charge in [0.2, 0.25) is 0 Å². The summed E-state index contributed by atoms with van der Waals surface area (Å²) in [6.45, 7) is 5.01. The van der Waals surface area contributed by atoms with Crippen LogP contribution in [0.15, 0.2) is 0 Å². The Kier molecular flexibility index (Phi) is 5.23. The van der Waals surface area contributed by atoms with Gasteiger partial charge in [0.05, 0.1) is 5.60 Å². The second-order valence-electron chi connectivity index (χ2n) is 7.69. The van der Waals surface area contributed by atoms with Gasteiger partial charge in [-0.3, -0.25) is 0 Å². The first-order valence-electron chi connectivity index (χ1n) is 9.20. The van der Waals surface area contributed by atoms with Gasteiger partial charge in [-0.05, 0) is 62.7 Å². The van der Waals surface area contributed by atoms with Gasteiger partial charge < -0.3 is 15.2 Å². The molecule has 0 aromatic heterocycles. The van der Waals surface area contributed by atoms with Crippen LogP contribution in [0.2, 0.25) is 0 Å². The van der Waals surface area contributed by atoms with E-state index in [9.17, 15) is 0 Å². The van der Waals surface area contributed by atoms with Gasteiger partial charge in [-0.15, -0.1) is 0 Å². The van der Waals surface area contributed by atoms with Gasteiger partial charge in [-0.25, -0.2) is 0 Å². The molecule has 3 rings (SSSR count). The minimum Gasteiger partial charge on any atom is -0.381 e. The largest absolute Gasteiger partial charge is 0.381 e. The highest BCUT2D eigenvalue weighted by atomic mass is 16.5. The van der Waals surface area contributed by atoms with Crippen LogP contribution in [0.3, 0.4) is 0 Å². The van der Waals surface area contributed by atoms with E-state index in [1.807, 2.05) is 0 Å². The molecule has 21 heavy (non-hydrogen) atoms. The molecule has 3 aliphatic rings. The lowest BCUT2D eigenvalue weighted by atomic mass is 9.66. The van der Waals surface area contributed by atoms with Crippen LogP contribution in [-0.2, 0) is 9.47 Å². The molecule has 2 N–H and O–H groups in total. The highest BCUT2D eigenvalue weighted by Gasteiger charge is 2.43. The van der Waals surface area contributed by atoms with E-state index in [4.69, 9.17) is 15.2 Å². The van der Waals surface area contributed by atoms with Crippen LogP contribution in [-0.4, -0.2) is 31.5 Å². The molecule has 2 saturated heterocycles. The van der Waals surface area contributed by atoms with E-state index in [1.54, 1.807) is 0 Å². The first kappa shape index (κ1) is 15.8. The molecule has 0 amide bonds. The minimum atomic E-state index is 0.124. The zero-order valence-electron chi connectivity index (χ0n) is 13.7. The van der Waals surface area contributed by atoms with E-state index in [-0.39, 0.29) is 5.60 Å². The van der Waals surface area contributed by atoms with Crippen LogP contribution in [0.4, 0.5) is 0 Å². The van der Waals surface area contributed by atoms with Crippen LogP contribution < -0.4 is 5.73 Å². The maximum absolute atomic E-state index is 6.52. The molecule has 4 atom stereocenters. The third-order valence-corrected chi connectivity index (χ3v) is 6.30. The minimum absolute atomic E-state index is 0.124. The molecule has 1 aliphatic carbocycles. The molecule has 0 aromatic rings. The van der Waals surface area contributed by atoms with Crippen molar-refractivity contribution in [2.75, 3.05) is 19.8 Å². The third kappa shape index (κ3) is 3.62. The van der Waals surface area contributed by atoms with Gasteiger partial charge >= 0.3 is 0 Å². The smallest absolute Gasteiger partial charge is 0.0729 e. The van der Waals surface area contributed by atoms with Gasteiger partial charge in [0, 0.05) is 25.9 Å². The van der Waals surface area contributed by atoms with Crippen molar-refractivity contribution >= 4 is 0 Å². The van der Waals surface area contributed by atoms with Crippen LogP contribution in [0.25, 0.3) is 0 Å². The highest BCUT2D eigenvalue weighted by Crippen LogP contribution is 2.44. The van der Waals surface area contributed by atoms with E-state index in [0.717, 1.165) is 50.4 Å². The van der Waals surface area contributed by atoms with Gasteiger partial charge in [0.25, 0.3) is 0 Å². The molecule has 2 heterocycles. The third-order valence-electron chi connectivity index (χ3n) is 6.30. The predicted molar refractivity (Wildman–Crippen MR) is 85.2 cm³/mol. The molecule has 1 saturated carbocycles. The van der Waals surface area contributed by atoms with Crippen molar-refractivity contribution in [2.45, 2.75) is 76.4 Å². The van der Waals surface area contributed by atoms with E-state index < -0.39 is 0 Å². The monoisotopic (exact) mass is 295 g/mol. The standard InChI is InChI=1S/C18H33NO2/c1-2-3-14-4-5-17(19)16(12-14)15-6-9-21-18(13-15)7-10-20-11-8-18/h14-17H,2-13,19H2,1H3. The Bertz CT molecular complexity index is 322. The van der Waals surface area contributed by atoms with Crippen molar-refractivity contribution in [1.29, 1.82) is 0 Å². The first-order valence-corrected chi connectivity index (χ1v) is 9.20. The molecule has 0 bridgehead atoms. The average molecular weight is 295 g/mol. The van der Waals surface area contributed by atoms with Gasteiger partial charge in [0.1, 0.15) is 0 Å². The molecule has 3 fully saturated rings. The summed E-state index contributed by atoms with van der Waals surface area (Å²) < 4.78 is 11.8. The predicted octanol–water partition coefficient (Wildman–Crippen LogP) is 3.51. The van der Waals surface area contributed by atoms with Crippen molar-refractivity contribution in [2.24, 2.45) is 23.5 Å². The number of ether oxygens (including phenoxy) is 2. The van der Waals surface area contributed by atoms with Crippen molar-refractivity contribution in [3.05, 3.63) is 0 Å². The first-order chi connectivity index (χ1) is 10.2. The van der Waals surface area contributed by atoms with Crippen LogP contribution in [0.5, 0.6) is 0 Å². The SMILES string of the molecule is CCCC1CCC(N)C(C2CCOC3(CCOCC3)C2)C1.